The Balaban J connectivity index is 0.000000360. The second kappa shape index (κ2) is 3.90. The first-order valence-corrected chi connectivity index (χ1v) is 3.22. The molecule has 0 aliphatic rings. The van der Waals surface area contributed by atoms with E-state index in [1.807, 2.05) is 0 Å². The zero-order valence-corrected chi connectivity index (χ0v) is 6.78. The van der Waals surface area contributed by atoms with Crippen LogP contribution in [-0.2, 0) is 0 Å². The topological polar surface area (TPSA) is 12.9 Å². The average Bonchev–Trinajstić information content (AvgIpc) is 1.86. The quantitative estimate of drug-likeness (QED) is 0.294. The number of aromatic nitrogens is 1. The van der Waals surface area contributed by atoms with Crippen LogP contribution in [0.1, 0.15) is 0 Å². The first-order chi connectivity index (χ1) is 2.89. The summed E-state index contributed by atoms with van der Waals surface area (Å²) in [5.74, 6) is 0. The summed E-state index contributed by atoms with van der Waals surface area (Å²) in [7, 11) is 0. The van der Waals surface area contributed by atoms with Crippen LogP contribution < -0.4 is 18.9 Å². The van der Waals surface area contributed by atoms with Crippen molar-refractivity contribution in [1.82, 2.24) is 4.37 Å². The molecule has 0 N–H and O–H groups in total. The van der Waals surface area contributed by atoms with Crippen LogP contribution in [0.15, 0.2) is 6.20 Å². The van der Waals surface area contributed by atoms with Gasteiger partial charge in [-0.15, -0.1) is 3.57 Å². The minimum absolute atomic E-state index is 0. The molecule has 0 spiro atoms. The predicted octanol–water partition coefficient (Wildman–Crippen LogP) is -1.45. The van der Waals surface area contributed by atoms with E-state index in [0.717, 1.165) is 3.57 Å². The van der Waals surface area contributed by atoms with Crippen LogP contribution >= 0.6 is 34.1 Å². The van der Waals surface area contributed by atoms with Crippen molar-refractivity contribution in [2.45, 2.75) is 0 Å². The normalized spacial score (nSPS) is 7.57. The largest absolute Gasteiger partial charge is 1.00 e. The average molecular weight is 217 g/mol. The molecule has 1 nitrogen and oxygen atoms in total. The van der Waals surface area contributed by atoms with Gasteiger partial charge in [-0.2, -0.15) is 16.9 Å². The monoisotopic (exact) mass is 217 g/mol. The maximum absolute atomic E-state index is 3.80. The molecule has 0 amide bonds. The molecular weight excluding hydrogens is 216 g/mol. The molecule has 0 aliphatic heterocycles. The van der Waals surface area contributed by atoms with Crippen LogP contribution in [0.25, 0.3) is 0 Å². The Morgan fingerprint density at radius 3 is 2.71 bits per heavy atom. The second-order valence-corrected chi connectivity index (χ2v) is 2.54. The van der Waals surface area contributed by atoms with Gasteiger partial charge in [-0.05, 0) is 0 Å². The van der Waals surface area contributed by atoms with Crippen molar-refractivity contribution in [3.8, 4) is 0 Å². The maximum atomic E-state index is 3.80. The molecule has 0 aliphatic carbocycles. The van der Waals surface area contributed by atoms with E-state index in [9.17, 15) is 0 Å². The van der Waals surface area contributed by atoms with Gasteiger partial charge in [0.15, 0.2) is 0 Å². The summed E-state index contributed by atoms with van der Waals surface area (Å²) in [5, 5.41) is 2.92. The van der Waals surface area contributed by atoms with E-state index < -0.39 is 0 Å². The fraction of sp³-hybridized carbons (Fsp3) is 0. The molecule has 4 heteroatoms. The van der Waals surface area contributed by atoms with Crippen LogP contribution in [0.4, 0.5) is 0 Å². The fourth-order valence-electron chi connectivity index (χ4n) is 0.169. The van der Waals surface area contributed by atoms with Crippen molar-refractivity contribution >= 4 is 34.1 Å². The van der Waals surface area contributed by atoms with Gasteiger partial charge >= 0.3 is 18.9 Å². The predicted molar refractivity (Wildman–Crippen MR) is 33.7 cm³/mol. The van der Waals surface area contributed by atoms with Gasteiger partial charge in [0.25, 0.3) is 0 Å². The van der Waals surface area contributed by atoms with E-state index in [1.54, 1.807) is 6.20 Å². The molecule has 1 heterocycles. The number of nitrogens with zero attached hydrogens (tertiary/aromatic N) is 1. The van der Waals surface area contributed by atoms with Gasteiger partial charge in [0.05, 0.1) is 0 Å². The Kier molecular flexibility index (Phi) is 4.43. The summed E-state index contributed by atoms with van der Waals surface area (Å²) in [6, 6.07) is 0. The molecular formula is C3HILiNS. The molecule has 0 saturated carbocycles. The minimum atomic E-state index is 0. The number of halogens is 1. The number of hydrogen-bond acceptors (Lipinski definition) is 2. The smallest absolute Gasteiger partial charge is 0.315 e. The Labute approximate surface area is 72.0 Å². The first-order valence-electron chi connectivity index (χ1n) is 1.37. The number of rotatable bonds is 0. The maximum Gasteiger partial charge on any atom is 1.00 e. The van der Waals surface area contributed by atoms with Crippen molar-refractivity contribution in [2.75, 3.05) is 0 Å². The van der Waals surface area contributed by atoms with Gasteiger partial charge in [0.2, 0.25) is 0 Å². The van der Waals surface area contributed by atoms with Gasteiger partial charge in [0, 0.05) is 0 Å². The summed E-state index contributed by atoms with van der Waals surface area (Å²) < 4.78 is 4.90. The SMILES string of the molecule is Ic1[c-]snc1.[Li+]. The van der Waals surface area contributed by atoms with Gasteiger partial charge < -0.3 is 4.37 Å². The van der Waals surface area contributed by atoms with Crippen LogP contribution in [0.2, 0.25) is 0 Å². The second-order valence-electron chi connectivity index (χ2n) is 0.776. The van der Waals surface area contributed by atoms with E-state index in [-0.39, 0.29) is 18.9 Å². The van der Waals surface area contributed by atoms with Crippen molar-refractivity contribution in [1.29, 1.82) is 0 Å². The summed E-state index contributed by atoms with van der Waals surface area (Å²) >= 11 is 3.52. The van der Waals surface area contributed by atoms with Gasteiger partial charge in [-0.3, -0.25) is 0 Å². The molecule has 0 atom stereocenters. The van der Waals surface area contributed by atoms with Crippen molar-refractivity contribution in [3.63, 3.8) is 0 Å². The first kappa shape index (κ1) is 7.96. The van der Waals surface area contributed by atoms with Crippen LogP contribution in [-0.4, -0.2) is 4.37 Å². The molecule has 0 bridgehead atoms. The van der Waals surface area contributed by atoms with Gasteiger partial charge in [-0.1, -0.05) is 28.8 Å². The molecule has 1 aromatic rings. The van der Waals surface area contributed by atoms with Gasteiger partial charge in [0.1, 0.15) is 0 Å². The zero-order valence-electron chi connectivity index (χ0n) is 3.81. The van der Waals surface area contributed by atoms with Crippen molar-refractivity contribution in [3.05, 3.63) is 15.1 Å². The molecule has 0 unspecified atom stereocenters. The summed E-state index contributed by atoms with van der Waals surface area (Å²) in [6.07, 6.45) is 1.78. The van der Waals surface area contributed by atoms with E-state index in [0.29, 0.717) is 0 Å². The Hall–Kier alpha value is 0.957. The van der Waals surface area contributed by atoms with E-state index in [1.165, 1.54) is 11.5 Å². The molecule has 0 aromatic carbocycles. The molecule has 1 rings (SSSR count). The molecule has 0 fully saturated rings. The molecule has 32 valence electrons. The third kappa shape index (κ3) is 2.70. The molecule has 1 aromatic heterocycles. The van der Waals surface area contributed by atoms with Crippen LogP contribution in [0.3, 0.4) is 0 Å². The Morgan fingerprint density at radius 2 is 2.57 bits per heavy atom. The minimum Gasteiger partial charge on any atom is -0.315 e. The van der Waals surface area contributed by atoms with E-state index in [4.69, 9.17) is 0 Å². The Morgan fingerprint density at radius 1 is 1.86 bits per heavy atom. The Bertz CT molecular complexity index is 118. The van der Waals surface area contributed by atoms with Crippen molar-refractivity contribution < 1.29 is 18.9 Å². The fourth-order valence-corrected chi connectivity index (χ4v) is 1.14. The van der Waals surface area contributed by atoms with Crippen LogP contribution in [0, 0.1) is 8.95 Å². The van der Waals surface area contributed by atoms with Gasteiger partial charge in [-0.25, -0.2) is 0 Å². The van der Waals surface area contributed by atoms with Crippen LogP contribution in [0.5, 0.6) is 0 Å². The zero-order chi connectivity index (χ0) is 4.41. The molecule has 0 saturated heterocycles. The van der Waals surface area contributed by atoms with E-state index >= 15 is 0 Å². The van der Waals surface area contributed by atoms with Crippen molar-refractivity contribution in [2.24, 2.45) is 0 Å². The summed E-state index contributed by atoms with van der Waals surface area (Å²) in [6.45, 7) is 0. The third-order valence-corrected chi connectivity index (χ3v) is 1.80. The standard InChI is InChI=1S/C3HINS.Li/c4-3-1-5-6-2-3;/h1H;/q-1;+1. The summed E-state index contributed by atoms with van der Waals surface area (Å²) in [4.78, 5) is 0. The third-order valence-electron chi connectivity index (χ3n) is 0.362. The molecule has 7 heavy (non-hydrogen) atoms. The molecule has 0 radical (unpaired) electrons. The summed E-state index contributed by atoms with van der Waals surface area (Å²) in [5.41, 5.74) is 0. The van der Waals surface area contributed by atoms with E-state index in [2.05, 4.69) is 32.3 Å². The number of hydrogen-bond donors (Lipinski definition) is 0.